The molecule has 0 saturated carbocycles. The zero-order valence-electron chi connectivity index (χ0n) is 9.86. The molecule has 0 atom stereocenters. The normalized spacial score (nSPS) is 10.9. The predicted octanol–water partition coefficient (Wildman–Crippen LogP) is 4.63. The van der Waals surface area contributed by atoms with Crippen molar-refractivity contribution in [2.45, 2.75) is 0 Å². The fraction of sp³-hybridized carbons (Fsp3) is 0. The highest BCUT2D eigenvalue weighted by Crippen LogP contribution is 2.40. The van der Waals surface area contributed by atoms with Crippen molar-refractivity contribution < 1.29 is 13.3 Å². The molecule has 4 nitrogen and oxygen atoms in total. The van der Waals surface area contributed by atoms with E-state index < -0.39 is 5.82 Å². The first-order valence-corrected chi connectivity index (χ1v) is 6.28. The Kier molecular flexibility index (Phi) is 3.16. The third kappa shape index (κ3) is 2.15. The minimum absolute atomic E-state index is 0.126. The molecule has 0 fully saturated rings. The van der Waals surface area contributed by atoms with Gasteiger partial charge in [0.2, 0.25) is 5.76 Å². The number of nitrogens with zero attached hydrogens (tertiary/aromatic N) is 1. The highest BCUT2D eigenvalue weighted by atomic mass is 35.5. The summed E-state index contributed by atoms with van der Waals surface area (Å²) in [4.78, 5) is 0. The maximum Gasteiger partial charge on any atom is 0.212 e. The van der Waals surface area contributed by atoms with E-state index in [9.17, 15) is 4.39 Å². The van der Waals surface area contributed by atoms with Gasteiger partial charge in [0.25, 0.3) is 0 Å². The van der Waals surface area contributed by atoms with E-state index in [2.05, 4.69) is 5.16 Å². The lowest BCUT2D eigenvalue weighted by Gasteiger charge is -2.03. The maximum atomic E-state index is 13.1. The molecule has 0 amide bonds. The molecule has 0 saturated heterocycles. The fourth-order valence-electron chi connectivity index (χ4n) is 1.86. The lowest BCUT2D eigenvalue weighted by Crippen LogP contribution is -1.90. The van der Waals surface area contributed by atoms with Crippen molar-refractivity contribution in [3.8, 4) is 22.6 Å². The Labute approximate surface area is 122 Å². The first-order chi connectivity index (χ1) is 9.56. The molecule has 0 radical (unpaired) electrons. The number of hydrogen-bond donors (Lipinski definition) is 1. The van der Waals surface area contributed by atoms with Gasteiger partial charge < -0.3 is 14.7 Å². The number of anilines is 1. The first kappa shape index (κ1) is 13.0. The summed E-state index contributed by atoms with van der Waals surface area (Å²) in [5.74, 6) is 0.315. The van der Waals surface area contributed by atoms with Crippen LogP contribution in [0.1, 0.15) is 0 Å². The molecule has 0 spiro atoms. The van der Waals surface area contributed by atoms with E-state index in [1.54, 1.807) is 12.1 Å². The SMILES string of the molecule is Nc1noc(-c2ccc(Cl)o2)c1-c1ccc(F)cc1Cl. The summed E-state index contributed by atoms with van der Waals surface area (Å²) < 4.78 is 23.5. The van der Waals surface area contributed by atoms with Gasteiger partial charge in [-0.3, -0.25) is 0 Å². The number of aromatic nitrogens is 1. The Morgan fingerprint density at radius 3 is 2.60 bits per heavy atom. The van der Waals surface area contributed by atoms with Gasteiger partial charge in [-0.15, -0.1) is 0 Å². The van der Waals surface area contributed by atoms with Gasteiger partial charge in [-0.1, -0.05) is 16.8 Å². The van der Waals surface area contributed by atoms with Gasteiger partial charge in [-0.2, -0.15) is 0 Å². The molecule has 0 aliphatic heterocycles. The number of nitrogen functional groups attached to an aromatic ring is 1. The Hall–Kier alpha value is -1.98. The van der Waals surface area contributed by atoms with Crippen molar-refractivity contribution in [2.24, 2.45) is 0 Å². The molecule has 7 heteroatoms. The van der Waals surface area contributed by atoms with E-state index in [1.165, 1.54) is 18.2 Å². The molecule has 102 valence electrons. The van der Waals surface area contributed by atoms with Crippen LogP contribution in [0.5, 0.6) is 0 Å². The van der Waals surface area contributed by atoms with Crippen molar-refractivity contribution in [1.29, 1.82) is 0 Å². The number of hydrogen-bond acceptors (Lipinski definition) is 4. The number of nitrogens with two attached hydrogens (primary N) is 1. The van der Waals surface area contributed by atoms with E-state index in [1.807, 2.05) is 0 Å². The van der Waals surface area contributed by atoms with Crippen molar-refractivity contribution >= 4 is 29.0 Å². The standard InChI is InChI=1S/C13H7Cl2FN2O2/c14-8-5-6(16)1-2-7(8)11-12(20-18-13(11)17)9-3-4-10(15)19-9/h1-5H,(H2,17,18). The average molecular weight is 313 g/mol. The van der Waals surface area contributed by atoms with Crippen LogP contribution in [0.3, 0.4) is 0 Å². The summed E-state index contributed by atoms with van der Waals surface area (Å²) in [5.41, 5.74) is 6.72. The second kappa shape index (κ2) is 4.85. The van der Waals surface area contributed by atoms with Crippen LogP contribution in [0.25, 0.3) is 22.6 Å². The Morgan fingerprint density at radius 1 is 1.15 bits per heavy atom. The third-order valence-electron chi connectivity index (χ3n) is 2.72. The molecule has 0 aliphatic carbocycles. The molecule has 3 rings (SSSR count). The quantitative estimate of drug-likeness (QED) is 0.749. The zero-order chi connectivity index (χ0) is 14.3. The monoisotopic (exact) mass is 312 g/mol. The second-order valence-electron chi connectivity index (χ2n) is 4.00. The van der Waals surface area contributed by atoms with Gasteiger partial charge >= 0.3 is 0 Å². The Bertz CT molecular complexity index is 783. The molecule has 3 aromatic rings. The molecular weight excluding hydrogens is 306 g/mol. The molecule has 1 aromatic carbocycles. The lowest BCUT2D eigenvalue weighted by molar-refractivity contribution is 0.421. The summed E-state index contributed by atoms with van der Waals surface area (Å²) in [5, 5.41) is 4.08. The number of rotatable bonds is 2. The van der Waals surface area contributed by atoms with E-state index in [4.69, 9.17) is 37.9 Å². The first-order valence-electron chi connectivity index (χ1n) is 5.52. The summed E-state index contributed by atoms with van der Waals surface area (Å²) in [7, 11) is 0. The van der Waals surface area contributed by atoms with Gasteiger partial charge in [-0.25, -0.2) is 4.39 Å². The number of furan rings is 1. The second-order valence-corrected chi connectivity index (χ2v) is 4.78. The van der Waals surface area contributed by atoms with Gasteiger partial charge in [0.15, 0.2) is 16.8 Å². The lowest BCUT2D eigenvalue weighted by atomic mass is 10.0. The van der Waals surface area contributed by atoms with Crippen LogP contribution < -0.4 is 5.73 Å². The highest BCUT2D eigenvalue weighted by molar-refractivity contribution is 6.33. The highest BCUT2D eigenvalue weighted by Gasteiger charge is 2.22. The van der Waals surface area contributed by atoms with E-state index in [0.29, 0.717) is 16.9 Å². The summed E-state index contributed by atoms with van der Waals surface area (Å²) >= 11 is 11.8. The van der Waals surface area contributed by atoms with Crippen LogP contribution in [0.15, 0.2) is 39.3 Å². The van der Waals surface area contributed by atoms with Crippen LogP contribution in [0, 0.1) is 5.82 Å². The van der Waals surface area contributed by atoms with Crippen LogP contribution in [0.2, 0.25) is 10.2 Å². The molecular formula is C13H7Cl2FN2O2. The largest absolute Gasteiger partial charge is 0.441 e. The van der Waals surface area contributed by atoms with E-state index in [-0.39, 0.29) is 21.8 Å². The minimum atomic E-state index is -0.448. The summed E-state index contributed by atoms with van der Waals surface area (Å²) in [6.45, 7) is 0. The van der Waals surface area contributed by atoms with Gasteiger partial charge in [0.05, 0.1) is 10.6 Å². The van der Waals surface area contributed by atoms with Crippen molar-refractivity contribution in [3.05, 3.63) is 46.4 Å². The van der Waals surface area contributed by atoms with Gasteiger partial charge in [0, 0.05) is 5.56 Å². The molecule has 0 aliphatic rings. The van der Waals surface area contributed by atoms with E-state index in [0.717, 1.165) is 0 Å². The average Bonchev–Trinajstić information content (AvgIpc) is 2.96. The molecule has 0 unspecified atom stereocenters. The molecule has 2 N–H and O–H groups in total. The Balaban J connectivity index is 2.21. The molecule has 0 bridgehead atoms. The molecule has 20 heavy (non-hydrogen) atoms. The van der Waals surface area contributed by atoms with Crippen molar-refractivity contribution in [2.75, 3.05) is 5.73 Å². The number of benzene rings is 1. The smallest absolute Gasteiger partial charge is 0.212 e. The zero-order valence-corrected chi connectivity index (χ0v) is 11.4. The van der Waals surface area contributed by atoms with Crippen LogP contribution >= 0.6 is 23.2 Å². The fourth-order valence-corrected chi connectivity index (χ4v) is 2.27. The van der Waals surface area contributed by atoms with Gasteiger partial charge in [0.1, 0.15) is 5.82 Å². The predicted molar refractivity (Wildman–Crippen MR) is 74.0 cm³/mol. The van der Waals surface area contributed by atoms with Crippen molar-refractivity contribution in [1.82, 2.24) is 5.16 Å². The topological polar surface area (TPSA) is 65.2 Å². The molecule has 2 heterocycles. The summed E-state index contributed by atoms with van der Waals surface area (Å²) in [6.07, 6.45) is 0. The van der Waals surface area contributed by atoms with Crippen LogP contribution in [-0.4, -0.2) is 5.16 Å². The molecule has 2 aromatic heterocycles. The third-order valence-corrected chi connectivity index (χ3v) is 3.23. The van der Waals surface area contributed by atoms with E-state index >= 15 is 0 Å². The van der Waals surface area contributed by atoms with Crippen LogP contribution in [-0.2, 0) is 0 Å². The number of halogens is 3. The van der Waals surface area contributed by atoms with Crippen LogP contribution in [0.4, 0.5) is 10.2 Å². The maximum absolute atomic E-state index is 13.1. The Morgan fingerprint density at radius 2 is 1.95 bits per heavy atom. The van der Waals surface area contributed by atoms with Gasteiger partial charge in [-0.05, 0) is 41.9 Å². The van der Waals surface area contributed by atoms with Crippen molar-refractivity contribution in [3.63, 3.8) is 0 Å². The summed E-state index contributed by atoms with van der Waals surface area (Å²) in [6, 6.07) is 7.12. The minimum Gasteiger partial charge on any atom is -0.441 e.